The third-order valence-electron chi connectivity index (χ3n) is 3.33. The Labute approximate surface area is 127 Å². The van der Waals surface area contributed by atoms with Gasteiger partial charge in [-0.15, -0.1) is 0 Å². The molecule has 0 aliphatic carbocycles. The fraction of sp³-hybridized carbons (Fsp3) is 0.400. The number of carbonyl (C=O) groups excluding carboxylic acids is 1. The van der Waals surface area contributed by atoms with Crippen molar-refractivity contribution >= 4 is 27.9 Å². The van der Waals surface area contributed by atoms with Gasteiger partial charge in [-0.05, 0) is 17.7 Å². The number of benzene rings is 1. The van der Waals surface area contributed by atoms with Gasteiger partial charge in [0, 0.05) is 43.1 Å². The molecular formula is C15H18BrNO3. The fourth-order valence-electron chi connectivity index (χ4n) is 2.01. The number of amides is 1. The SMILES string of the molecule is O=C(/C=C/c1ccccc1Br)NCC1(O)CCOCC1. The smallest absolute Gasteiger partial charge is 0.244 e. The summed E-state index contributed by atoms with van der Waals surface area (Å²) >= 11 is 3.42. The summed E-state index contributed by atoms with van der Waals surface area (Å²) in [6, 6.07) is 7.66. The topological polar surface area (TPSA) is 58.6 Å². The third kappa shape index (κ3) is 4.44. The molecule has 1 fully saturated rings. The molecule has 4 nitrogen and oxygen atoms in total. The van der Waals surface area contributed by atoms with E-state index in [0.717, 1.165) is 10.0 Å². The number of ether oxygens (including phenoxy) is 1. The monoisotopic (exact) mass is 339 g/mol. The number of rotatable bonds is 4. The van der Waals surface area contributed by atoms with Gasteiger partial charge < -0.3 is 15.2 Å². The van der Waals surface area contributed by atoms with Gasteiger partial charge in [0.15, 0.2) is 0 Å². The van der Waals surface area contributed by atoms with Gasteiger partial charge in [0.1, 0.15) is 0 Å². The van der Waals surface area contributed by atoms with Crippen LogP contribution in [0.1, 0.15) is 18.4 Å². The van der Waals surface area contributed by atoms with Crippen LogP contribution in [0.25, 0.3) is 6.08 Å². The summed E-state index contributed by atoms with van der Waals surface area (Å²) in [6.07, 6.45) is 4.33. The summed E-state index contributed by atoms with van der Waals surface area (Å²) in [5.41, 5.74) is 0.0992. The molecule has 0 saturated carbocycles. The van der Waals surface area contributed by atoms with Gasteiger partial charge in [-0.25, -0.2) is 0 Å². The second-order valence-corrected chi connectivity index (χ2v) is 5.76. The molecule has 1 aromatic rings. The predicted molar refractivity (Wildman–Crippen MR) is 81.2 cm³/mol. The van der Waals surface area contributed by atoms with E-state index in [-0.39, 0.29) is 12.5 Å². The Morgan fingerprint density at radius 1 is 1.40 bits per heavy atom. The van der Waals surface area contributed by atoms with Crippen molar-refractivity contribution in [3.63, 3.8) is 0 Å². The quantitative estimate of drug-likeness (QED) is 0.826. The number of halogens is 1. The van der Waals surface area contributed by atoms with Crippen LogP contribution in [0.3, 0.4) is 0 Å². The maximum atomic E-state index is 11.8. The van der Waals surface area contributed by atoms with E-state index in [1.54, 1.807) is 6.08 Å². The van der Waals surface area contributed by atoms with Gasteiger partial charge in [0.05, 0.1) is 5.60 Å². The zero-order chi connectivity index (χ0) is 14.4. The van der Waals surface area contributed by atoms with Crippen LogP contribution < -0.4 is 5.32 Å². The van der Waals surface area contributed by atoms with Crippen molar-refractivity contribution in [3.8, 4) is 0 Å². The number of hydrogen-bond donors (Lipinski definition) is 2. The number of nitrogens with one attached hydrogen (secondary N) is 1. The normalized spacial score (nSPS) is 18.1. The summed E-state index contributed by atoms with van der Waals surface area (Å²) < 4.78 is 6.14. The van der Waals surface area contributed by atoms with Gasteiger partial charge in [0.2, 0.25) is 5.91 Å². The molecule has 1 aromatic carbocycles. The highest BCUT2D eigenvalue weighted by Crippen LogP contribution is 2.19. The van der Waals surface area contributed by atoms with Crippen LogP contribution in [0, 0.1) is 0 Å². The molecule has 5 heteroatoms. The van der Waals surface area contributed by atoms with Gasteiger partial charge in [-0.3, -0.25) is 4.79 Å². The number of aliphatic hydroxyl groups is 1. The van der Waals surface area contributed by atoms with E-state index in [1.165, 1.54) is 6.08 Å². The fourth-order valence-corrected chi connectivity index (χ4v) is 2.43. The Balaban J connectivity index is 1.85. The molecule has 0 spiro atoms. The van der Waals surface area contributed by atoms with Crippen molar-refractivity contribution in [1.29, 1.82) is 0 Å². The van der Waals surface area contributed by atoms with Crippen molar-refractivity contribution in [2.45, 2.75) is 18.4 Å². The molecule has 1 saturated heterocycles. The van der Waals surface area contributed by atoms with Gasteiger partial charge >= 0.3 is 0 Å². The molecule has 1 amide bonds. The Morgan fingerprint density at radius 3 is 2.80 bits per heavy atom. The number of hydrogen-bond acceptors (Lipinski definition) is 3. The van der Waals surface area contributed by atoms with E-state index in [0.29, 0.717) is 26.1 Å². The summed E-state index contributed by atoms with van der Waals surface area (Å²) in [5, 5.41) is 13.0. The maximum absolute atomic E-state index is 11.8. The molecule has 0 bridgehead atoms. The predicted octanol–water partition coefficient (Wildman–Crippen LogP) is 2.12. The highest BCUT2D eigenvalue weighted by molar-refractivity contribution is 9.10. The van der Waals surface area contributed by atoms with Crippen LogP contribution in [0.2, 0.25) is 0 Å². The molecule has 108 valence electrons. The Kier molecular flexibility index (Phi) is 5.34. The minimum atomic E-state index is -0.838. The molecule has 0 unspecified atom stereocenters. The average molecular weight is 340 g/mol. The summed E-state index contributed by atoms with van der Waals surface area (Å²) in [6.45, 7) is 1.34. The van der Waals surface area contributed by atoms with Crippen LogP contribution >= 0.6 is 15.9 Å². The molecule has 2 N–H and O–H groups in total. The highest BCUT2D eigenvalue weighted by Gasteiger charge is 2.29. The molecule has 1 aliphatic rings. The Morgan fingerprint density at radius 2 is 2.10 bits per heavy atom. The minimum Gasteiger partial charge on any atom is -0.388 e. The van der Waals surface area contributed by atoms with E-state index < -0.39 is 5.60 Å². The highest BCUT2D eigenvalue weighted by atomic mass is 79.9. The van der Waals surface area contributed by atoms with Gasteiger partial charge in [-0.1, -0.05) is 34.1 Å². The zero-order valence-electron chi connectivity index (χ0n) is 11.1. The molecule has 1 heterocycles. The third-order valence-corrected chi connectivity index (χ3v) is 4.06. The van der Waals surface area contributed by atoms with Crippen LogP contribution in [-0.4, -0.2) is 36.4 Å². The van der Waals surface area contributed by atoms with Crippen LogP contribution in [0.4, 0.5) is 0 Å². The molecule has 0 radical (unpaired) electrons. The Bertz CT molecular complexity index is 496. The van der Waals surface area contributed by atoms with E-state index in [1.807, 2.05) is 24.3 Å². The van der Waals surface area contributed by atoms with Crippen molar-refractivity contribution < 1.29 is 14.6 Å². The summed E-state index contributed by atoms with van der Waals surface area (Å²) in [5.74, 6) is -0.208. The molecule has 0 aromatic heterocycles. The maximum Gasteiger partial charge on any atom is 0.244 e. The van der Waals surface area contributed by atoms with E-state index in [4.69, 9.17) is 4.74 Å². The van der Waals surface area contributed by atoms with Crippen LogP contribution in [-0.2, 0) is 9.53 Å². The van der Waals surface area contributed by atoms with Crippen molar-refractivity contribution in [2.75, 3.05) is 19.8 Å². The molecule has 1 aliphatic heterocycles. The van der Waals surface area contributed by atoms with Crippen LogP contribution in [0.5, 0.6) is 0 Å². The van der Waals surface area contributed by atoms with Gasteiger partial charge in [0.25, 0.3) is 0 Å². The first-order valence-electron chi connectivity index (χ1n) is 6.60. The summed E-state index contributed by atoms with van der Waals surface area (Å²) in [7, 11) is 0. The first-order chi connectivity index (χ1) is 9.59. The Hall–Kier alpha value is -1.17. The lowest BCUT2D eigenvalue weighted by atomic mass is 9.94. The summed E-state index contributed by atoms with van der Waals surface area (Å²) in [4.78, 5) is 11.8. The second-order valence-electron chi connectivity index (χ2n) is 4.91. The molecule has 20 heavy (non-hydrogen) atoms. The largest absolute Gasteiger partial charge is 0.388 e. The molecule has 2 rings (SSSR count). The second kappa shape index (κ2) is 7.02. The lowest BCUT2D eigenvalue weighted by molar-refractivity contribution is -0.119. The average Bonchev–Trinajstić information content (AvgIpc) is 2.45. The standard InChI is InChI=1S/C15H18BrNO3/c16-13-4-2-1-3-12(13)5-6-14(18)17-11-15(19)7-9-20-10-8-15/h1-6,19H,7-11H2,(H,17,18)/b6-5+. The van der Waals surface area contributed by atoms with E-state index in [9.17, 15) is 9.90 Å². The first-order valence-corrected chi connectivity index (χ1v) is 7.39. The molecular weight excluding hydrogens is 322 g/mol. The van der Waals surface area contributed by atoms with Gasteiger partial charge in [-0.2, -0.15) is 0 Å². The van der Waals surface area contributed by atoms with Crippen molar-refractivity contribution in [3.05, 3.63) is 40.4 Å². The minimum absolute atomic E-state index is 0.208. The van der Waals surface area contributed by atoms with Crippen molar-refractivity contribution in [2.24, 2.45) is 0 Å². The van der Waals surface area contributed by atoms with Crippen LogP contribution in [0.15, 0.2) is 34.8 Å². The van der Waals surface area contributed by atoms with E-state index in [2.05, 4.69) is 21.2 Å². The molecule has 0 atom stereocenters. The number of carbonyl (C=O) groups is 1. The zero-order valence-corrected chi connectivity index (χ0v) is 12.7. The van der Waals surface area contributed by atoms with E-state index >= 15 is 0 Å². The lowest BCUT2D eigenvalue weighted by Gasteiger charge is -2.31. The van der Waals surface area contributed by atoms with Crippen molar-refractivity contribution in [1.82, 2.24) is 5.32 Å². The first kappa shape index (κ1) is 15.2. The lowest BCUT2D eigenvalue weighted by Crippen LogP contribution is -2.46.